The van der Waals surface area contributed by atoms with Gasteiger partial charge in [0, 0.05) is 32.5 Å². The molecule has 0 spiro atoms. The van der Waals surface area contributed by atoms with Gasteiger partial charge in [-0.1, -0.05) is 12.1 Å². The van der Waals surface area contributed by atoms with Gasteiger partial charge in [-0.2, -0.15) is 0 Å². The van der Waals surface area contributed by atoms with Gasteiger partial charge in [-0.25, -0.2) is 13.1 Å². The number of sulfonamides is 1. The zero-order chi connectivity index (χ0) is 17.0. The van der Waals surface area contributed by atoms with Gasteiger partial charge in [0.05, 0.1) is 0 Å². The molecule has 0 fully saturated rings. The number of aromatic nitrogens is 1. The van der Waals surface area contributed by atoms with Crippen LogP contribution in [0.15, 0.2) is 41.4 Å². The third-order valence-corrected chi connectivity index (χ3v) is 4.86. The summed E-state index contributed by atoms with van der Waals surface area (Å²) in [7, 11) is -0.540. The van der Waals surface area contributed by atoms with Crippen molar-refractivity contribution in [1.29, 1.82) is 0 Å². The van der Waals surface area contributed by atoms with E-state index in [0.717, 1.165) is 5.56 Å². The summed E-state index contributed by atoms with van der Waals surface area (Å²) < 4.78 is 28.6. The van der Waals surface area contributed by atoms with Gasteiger partial charge in [0.15, 0.2) is 0 Å². The lowest BCUT2D eigenvalue weighted by molar-refractivity contribution is 0.0955. The molecule has 0 saturated heterocycles. The molecule has 2 aromatic rings. The van der Waals surface area contributed by atoms with Gasteiger partial charge in [0.1, 0.15) is 10.6 Å². The fourth-order valence-corrected chi connectivity index (χ4v) is 3.23. The fraction of sp³-hybridized carbons (Fsp3) is 0.267. The Balaban J connectivity index is 2.04. The number of nitrogens with one attached hydrogen (secondary N) is 2. The van der Waals surface area contributed by atoms with Crippen LogP contribution < -0.4 is 15.8 Å². The Kier molecular flexibility index (Phi) is 5.07. The van der Waals surface area contributed by atoms with Crippen LogP contribution in [0.5, 0.6) is 0 Å². The average Bonchev–Trinajstić information content (AvgIpc) is 2.91. The lowest BCUT2D eigenvalue weighted by Gasteiger charge is -2.05. The topological polar surface area (TPSA) is 106 Å². The molecule has 0 aliphatic carbocycles. The first kappa shape index (κ1) is 17.0. The second kappa shape index (κ2) is 6.84. The second-order valence-corrected chi connectivity index (χ2v) is 6.91. The predicted molar refractivity (Wildman–Crippen MR) is 88.6 cm³/mol. The van der Waals surface area contributed by atoms with E-state index < -0.39 is 10.0 Å². The molecule has 23 heavy (non-hydrogen) atoms. The Labute approximate surface area is 135 Å². The Hall–Kier alpha value is -2.32. The molecular weight excluding hydrogens is 316 g/mol. The maximum atomic E-state index is 12.3. The van der Waals surface area contributed by atoms with Crippen LogP contribution in [0.25, 0.3) is 0 Å². The summed E-state index contributed by atoms with van der Waals surface area (Å²) in [6.45, 7) is 0.260. The van der Waals surface area contributed by atoms with Gasteiger partial charge in [0.25, 0.3) is 5.91 Å². The molecule has 7 nitrogen and oxygen atoms in total. The summed E-state index contributed by atoms with van der Waals surface area (Å²) in [6.07, 6.45) is 1.96. The van der Waals surface area contributed by atoms with Crippen molar-refractivity contribution in [2.45, 2.75) is 11.3 Å². The first-order valence-corrected chi connectivity index (χ1v) is 8.54. The van der Waals surface area contributed by atoms with Crippen molar-refractivity contribution in [2.24, 2.45) is 7.05 Å². The molecule has 4 N–H and O–H groups in total. The standard InChI is InChI=1S/C15H20N4O3S/c1-17-15(20)14-9-13(10-19(14)2)23(21,22)18-8-7-11-3-5-12(16)6-4-11/h3-6,9-10,18H,7-8,16H2,1-2H3,(H,17,20). The molecule has 1 amide bonds. The third kappa shape index (κ3) is 4.11. The van der Waals surface area contributed by atoms with Crippen molar-refractivity contribution in [1.82, 2.24) is 14.6 Å². The quantitative estimate of drug-likeness (QED) is 0.667. The lowest BCUT2D eigenvalue weighted by Crippen LogP contribution is -2.25. The normalized spacial score (nSPS) is 11.4. The summed E-state index contributed by atoms with van der Waals surface area (Å²) in [4.78, 5) is 11.7. The molecule has 0 aliphatic rings. The number of carbonyl (C=O) groups excluding carboxylic acids is 1. The van der Waals surface area contributed by atoms with Crippen molar-refractivity contribution in [2.75, 3.05) is 19.3 Å². The molecule has 1 aromatic carbocycles. The number of hydrogen-bond acceptors (Lipinski definition) is 4. The molecule has 0 bridgehead atoms. The number of aryl methyl sites for hydroxylation is 1. The van der Waals surface area contributed by atoms with Gasteiger partial charge in [0.2, 0.25) is 10.0 Å². The smallest absolute Gasteiger partial charge is 0.267 e. The van der Waals surface area contributed by atoms with Crippen LogP contribution in [0, 0.1) is 0 Å². The molecular formula is C15H20N4O3S. The SMILES string of the molecule is CNC(=O)c1cc(S(=O)(=O)NCCc2ccc(N)cc2)cn1C. The minimum Gasteiger partial charge on any atom is -0.399 e. The average molecular weight is 336 g/mol. The van der Waals surface area contributed by atoms with Gasteiger partial charge < -0.3 is 15.6 Å². The number of nitrogen functional groups attached to an aromatic ring is 1. The van der Waals surface area contributed by atoms with Crippen molar-refractivity contribution in [3.8, 4) is 0 Å². The molecule has 0 saturated carbocycles. The molecule has 0 unspecified atom stereocenters. The van der Waals surface area contributed by atoms with E-state index in [4.69, 9.17) is 5.73 Å². The molecule has 1 aromatic heterocycles. The number of nitrogens with two attached hydrogens (primary N) is 1. The molecule has 1 heterocycles. The maximum Gasteiger partial charge on any atom is 0.267 e. The van der Waals surface area contributed by atoms with Crippen LogP contribution in [0.3, 0.4) is 0 Å². The summed E-state index contributed by atoms with van der Waals surface area (Å²) in [5.41, 5.74) is 7.54. The van der Waals surface area contributed by atoms with Crippen molar-refractivity contribution < 1.29 is 13.2 Å². The highest BCUT2D eigenvalue weighted by Gasteiger charge is 2.19. The lowest BCUT2D eigenvalue weighted by atomic mass is 10.1. The third-order valence-electron chi connectivity index (χ3n) is 3.44. The Morgan fingerprint density at radius 3 is 2.52 bits per heavy atom. The van der Waals surface area contributed by atoms with E-state index >= 15 is 0 Å². The second-order valence-electron chi connectivity index (χ2n) is 5.14. The largest absolute Gasteiger partial charge is 0.399 e. The Bertz CT molecular complexity index is 795. The Morgan fingerprint density at radius 2 is 1.91 bits per heavy atom. The number of benzene rings is 1. The van der Waals surface area contributed by atoms with Gasteiger partial charge in [-0.15, -0.1) is 0 Å². The van der Waals surface area contributed by atoms with E-state index in [-0.39, 0.29) is 23.0 Å². The number of amides is 1. The van der Waals surface area contributed by atoms with Crippen LogP contribution in [0.1, 0.15) is 16.1 Å². The van der Waals surface area contributed by atoms with Crippen molar-refractivity contribution >= 4 is 21.6 Å². The molecule has 0 atom stereocenters. The molecule has 2 rings (SSSR count). The summed E-state index contributed by atoms with van der Waals surface area (Å²) in [5.74, 6) is -0.337. The molecule has 8 heteroatoms. The van der Waals surface area contributed by atoms with Crippen LogP contribution in [-0.2, 0) is 23.5 Å². The number of rotatable bonds is 6. The molecule has 124 valence electrons. The molecule has 0 radical (unpaired) electrons. The predicted octanol–water partition coefficient (Wildman–Crippen LogP) is 0.488. The van der Waals surface area contributed by atoms with Gasteiger partial charge in [-0.05, 0) is 30.2 Å². The summed E-state index contributed by atoms with van der Waals surface area (Å²) in [6, 6.07) is 8.61. The molecule has 0 aliphatic heterocycles. The zero-order valence-corrected chi connectivity index (χ0v) is 13.9. The Morgan fingerprint density at radius 1 is 1.26 bits per heavy atom. The van der Waals surface area contributed by atoms with Crippen molar-refractivity contribution in [3.63, 3.8) is 0 Å². The monoisotopic (exact) mass is 336 g/mol. The van der Waals surface area contributed by atoms with Crippen molar-refractivity contribution in [3.05, 3.63) is 47.8 Å². The van der Waals surface area contributed by atoms with Gasteiger partial charge in [-0.3, -0.25) is 4.79 Å². The number of hydrogen-bond donors (Lipinski definition) is 3. The van der Waals surface area contributed by atoms with Gasteiger partial charge >= 0.3 is 0 Å². The highest BCUT2D eigenvalue weighted by atomic mass is 32.2. The van der Waals surface area contributed by atoms with E-state index in [2.05, 4.69) is 10.0 Å². The van der Waals surface area contributed by atoms with E-state index in [0.29, 0.717) is 12.1 Å². The van der Waals surface area contributed by atoms with E-state index in [9.17, 15) is 13.2 Å². The summed E-state index contributed by atoms with van der Waals surface area (Å²) in [5, 5.41) is 2.47. The van der Waals surface area contributed by atoms with Crippen LogP contribution in [0.2, 0.25) is 0 Å². The minimum absolute atomic E-state index is 0.0657. The summed E-state index contributed by atoms with van der Waals surface area (Å²) >= 11 is 0. The van der Waals surface area contributed by atoms with Crippen LogP contribution in [-0.4, -0.2) is 32.5 Å². The van der Waals surface area contributed by atoms with E-state index in [1.54, 1.807) is 19.2 Å². The zero-order valence-electron chi connectivity index (χ0n) is 13.0. The minimum atomic E-state index is -3.66. The maximum absolute atomic E-state index is 12.3. The van der Waals surface area contributed by atoms with Crippen LogP contribution >= 0.6 is 0 Å². The van der Waals surface area contributed by atoms with Crippen LogP contribution in [0.4, 0.5) is 5.69 Å². The first-order chi connectivity index (χ1) is 10.8. The highest BCUT2D eigenvalue weighted by molar-refractivity contribution is 7.89. The van der Waals surface area contributed by atoms with E-state index in [1.807, 2.05) is 12.1 Å². The number of nitrogens with zero attached hydrogens (tertiary/aromatic N) is 1. The number of carbonyl (C=O) groups is 1. The first-order valence-electron chi connectivity index (χ1n) is 7.06. The van der Waals surface area contributed by atoms with E-state index in [1.165, 1.54) is 23.9 Å². The number of anilines is 1. The highest BCUT2D eigenvalue weighted by Crippen LogP contribution is 2.13. The fourth-order valence-electron chi connectivity index (χ4n) is 2.13.